The lowest BCUT2D eigenvalue weighted by molar-refractivity contribution is 0.0951. The van der Waals surface area contributed by atoms with Crippen LogP contribution in [-0.2, 0) is 6.54 Å². The first-order valence-corrected chi connectivity index (χ1v) is 6.97. The number of hydrogen-bond donors (Lipinski definition) is 1. The van der Waals surface area contributed by atoms with Gasteiger partial charge in [-0.3, -0.25) is 4.79 Å². The summed E-state index contributed by atoms with van der Waals surface area (Å²) in [6, 6.07) is 1.87. The zero-order valence-corrected chi connectivity index (χ0v) is 12.4. The molecule has 0 aliphatic heterocycles. The first-order valence-electron chi connectivity index (χ1n) is 5.02. The fourth-order valence-electron chi connectivity index (χ4n) is 1.45. The van der Waals surface area contributed by atoms with Crippen LogP contribution in [0.4, 0.5) is 0 Å². The van der Waals surface area contributed by atoms with Crippen LogP contribution in [0.2, 0.25) is 0 Å². The molecular weight excluding hydrogens is 351 g/mol. The minimum Gasteiger partial charge on any atom is -0.361 e. The van der Waals surface area contributed by atoms with Gasteiger partial charge in [0.1, 0.15) is 5.76 Å². The molecule has 0 saturated heterocycles. The predicted molar refractivity (Wildman–Crippen MR) is 74.2 cm³/mol. The highest BCUT2D eigenvalue weighted by Gasteiger charge is 2.12. The minimum absolute atomic E-state index is 0.0656. The number of nitrogens with zero attached hydrogens (tertiary/aromatic N) is 1. The molecule has 0 unspecified atom stereocenters. The van der Waals surface area contributed by atoms with E-state index in [-0.39, 0.29) is 5.91 Å². The molecule has 2 rings (SSSR count). The molecular formula is C11H11IN2O2S. The molecule has 1 amide bonds. The molecule has 2 aromatic heterocycles. The van der Waals surface area contributed by atoms with Gasteiger partial charge in [0.05, 0.1) is 14.1 Å². The number of thiophene rings is 1. The second kappa shape index (κ2) is 5.18. The van der Waals surface area contributed by atoms with Crippen LogP contribution < -0.4 is 5.32 Å². The maximum absolute atomic E-state index is 11.8. The Hall–Kier alpha value is -0.890. The molecule has 0 aliphatic carbocycles. The Morgan fingerprint density at radius 3 is 2.88 bits per heavy atom. The van der Waals surface area contributed by atoms with E-state index >= 15 is 0 Å². The number of nitrogens with one attached hydrogen (secondary N) is 1. The van der Waals surface area contributed by atoms with E-state index in [2.05, 4.69) is 33.1 Å². The lowest BCUT2D eigenvalue weighted by Gasteiger charge is -2.02. The van der Waals surface area contributed by atoms with Gasteiger partial charge in [0.25, 0.3) is 5.91 Å². The average Bonchev–Trinajstić information content (AvgIpc) is 2.84. The Kier molecular flexibility index (Phi) is 3.82. The van der Waals surface area contributed by atoms with Gasteiger partial charge in [-0.2, -0.15) is 0 Å². The van der Waals surface area contributed by atoms with Crippen molar-refractivity contribution in [1.29, 1.82) is 0 Å². The molecule has 4 nitrogen and oxygen atoms in total. The Morgan fingerprint density at radius 2 is 2.35 bits per heavy atom. The van der Waals surface area contributed by atoms with Gasteiger partial charge in [0, 0.05) is 17.5 Å². The summed E-state index contributed by atoms with van der Waals surface area (Å²) in [5.41, 5.74) is 2.47. The zero-order valence-electron chi connectivity index (χ0n) is 9.41. The van der Waals surface area contributed by atoms with Crippen molar-refractivity contribution in [3.63, 3.8) is 0 Å². The predicted octanol–water partition coefficient (Wildman–Crippen LogP) is 2.89. The van der Waals surface area contributed by atoms with Crippen LogP contribution in [0.25, 0.3) is 0 Å². The van der Waals surface area contributed by atoms with Crippen LogP contribution >= 0.6 is 33.9 Å². The molecule has 0 radical (unpaired) electrons. The van der Waals surface area contributed by atoms with Crippen molar-refractivity contribution in [2.24, 2.45) is 0 Å². The second-order valence-corrected chi connectivity index (χ2v) is 6.43. The van der Waals surface area contributed by atoms with E-state index in [4.69, 9.17) is 4.52 Å². The summed E-state index contributed by atoms with van der Waals surface area (Å²) < 4.78 is 6.14. The van der Waals surface area contributed by atoms with Gasteiger partial charge in [-0.25, -0.2) is 0 Å². The van der Waals surface area contributed by atoms with Crippen LogP contribution in [0.15, 0.2) is 16.0 Å². The number of aryl methyl sites for hydroxylation is 2. The molecule has 0 bridgehead atoms. The Balaban J connectivity index is 2.02. The normalized spacial score (nSPS) is 10.5. The van der Waals surface area contributed by atoms with Crippen LogP contribution in [-0.4, -0.2) is 11.1 Å². The lowest BCUT2D eigenvalue weighted by Crippen LogP contribution is -2.22. The van der Waals surface area contributed by atoms with Crippen molar-refractivity contribution in [2.45, 2.75) is 20.4 Å². The Bertz CT molecular complexity index is 528. The fraction of sp³-hybridized carbons (Fsp3) is 0.273. The van der Waals surface area contributed by atoms with Gasteiger partial charge in [0.15, 0.2) is 0 Å². The summed E-state index contributed by atoms with van der Waals surface area (Å²) in [6.45, 7) is 4.16. The van der Waals surface area contributed by atoms with E-state index in [1.807, 2.05) is 25.3 Å². The highest BCUT2D eigenvalue weighted by molar-refractivity contribution is 14.1. The molecule has 0 fully saturated rings. The van der Waals surface area contributed by atoms with Crippen molar-refractivity contribution in [3.05, 3.63) is 36.9 Å². The molecule has 1 N–H and O–H groups in total. The first kappa shape index (κ1) is 12.6. The quantitative estimate of drug-likeness (QED) is 0.855. The van der Waals surface area contributed by atoms with Gasteiger partial charge in [0.2, 0.25) is 0 Å². The van der Waals surface area contributed by atoms with E-state index in [1.54, 1.807) is 11.3 Å². The van der Waals surface area contributed by atoms with Crippen LogP contribution in [0.1, 0.15) is 27.4 Å². The van der Waals surface area contributed by atoms with Gasteiger partial charge in [-0.05, 0) is 42.5 Å². The maximum Gasteiger partial charge on any atom is 0.252 e. The third-order valence-corrected chi connectivity index (χ3v) is 4.23. The zero-order chi connectivity index (χ0) is 12.4. The molecule has 0 saturated carbocycles. The largest absolute Gasteiger partial charge is 0.361 e. The molecule has 17 heavy (non-hydrogen) atoms. The standard InChI is InChI=1S/C11H11IN2O2S/c1-6-9(7(2)16-14-6)4-13-11(15)8-3-10(12)17-5-8/h3,5H,4H2,1-2H3,(H,13,15). The molecule has 90 valence electrons. The number of halogens is 1. The number of amides is 1. The van der Waals surface area contributed by atoms with Gasteiger partial charge >= 0.3 is 0 Å². The first-order chi connectivity index (χ1) is 8.08. The summed E-state index contributed by atoms with van der Waals surface area (Å²) in [4.78, 5) is 11.8. The molecule has 2 heterocycles. The summed E-state index contributed by atoms with van der Waals surface area (Å²) in [6.07, 6.45) is 0. The van der Waals surface area contributed by atoms with E-state index < -0.39 is 0 Å². The molecule has 0 spiro atoms. The number of hydrogen-bond acceptors (Lipinski definition) is 4. The third-order valence-electron chi connectivity index (χ3n) is 2.44. The van der Waals surface area contributed by atoms with Crippen molar-refractivity contribution < 1.29 is 9.32 Å². The molecule has 2 aromatic rings. The van der Waals surface area contributed by atoms with Crippen molar-refractivity contribution >= 4 is 39.8 Å². The average molecular weight is 362 g/mol. The highest BCUT2D eigenvalue weighted by Crippen LogP contribution is 2.17. The maximum atomic E-state index is 11.8. The topological polar surface area (TPSA) is 55.1 Å². The Morgan fingerprint density at radius 1 is 1.59 bits per heavy atom. The van der Waals surface area contributed by atoms with Crippen molar-refractivity contribution in [2.75, 3.05) is 0 Å². The number of carbonyl (C=O) groups excluding carboxylic acids is 1. The third kappa shape index (κ3) is 2.86. The van der Waals surface area contributed by atoms with E-state index in [0.29, 0.717) is 12.1 Å². The number of carbonyl (C=O) groups is 1. The van der Waals surface area contributed by atoms with Crippen LogP contribution in [0.5, 0.6) is 0 Å². The smallest absolute Gasteiger partial charge is 0.252 e. The van der Waals surface area contributed by atoms with Gasteiger partial charge < -0.3 is 9.84 Å². The van der Waals surface area contributed by atoms with Crippen LogP contribution in [0.3, 0.4) is 0 Å². The highest BCUT2D eigenvalue weighted by atomic mass is 127. The molecule has 6 heteroatoms. The van der Waals surface area contributed by atoms with Crippen molar-refractivity contribution in [1.82, 2.24) is 10.5 Å². The summed E-state index contributed by atoms with van der Waals surface area (Å²) in [7, 11) is 0. The second-order valence-electron chi connectivity index (χ2n) is 3.62. The SMILES string of the molecule is Cc1noc(C)c1CNC(=O)c1csc(I)c1. The van der Waals surface area contributed by atoms with Gasteiger partial charge in [-0.1, -0.05) is 5.16 Å². The minimum atomic E-state index is -0.0656. The summed E-state index contributed by atoms with van der Waals surface area (Å²) in [5.74, 6) is 0.687. The molecule has 0 aromatic carbocycles. The van der Waals surface area contributed by atoms with Gasteiger partial charge in [-0.15, -0.1) is 11.3 Å². The van der Waals surface area contributed by atoms with Crippen LogP contribution in [0, 0.1) is 16.7 Å². The monoisotopic (exact) mass is 362 g/mol. The number of rotatable bonds is 3. The molecule has 0 atom stereocenters. The van der Waals surface area contributed by atoms with Crippen molar-refractivity contribution in [3.8, 4) is 0 Å². The lowest BCUT2D eigenvalue weighted by atomic mass is 10.2. The number of aromatic nitrogens is 1. The van der Waals surface area contributed by atoms with E-state index in [9.17, 15) is 4.79 Å². The fourth-order valence-corrected chi connectivity index (χ4v) is 2.78. The van der Waals surface area contributed by atoms with E-state index in [1.165, 1.54) is 0 Å². The molecule has 0 aliphatic rings. The summed E-state index contributed by atoms with van der Waals surface area (Å²) >= 11 is 3.75. The summed E-state index contributed by atoms with van der Waals surface area (Å²) in [5, 5.41) is 8.56. The van der Waals surface area contributed by atoms with E-state index in [0.717, 1.165) is 19.9 Å². The Labute approximate surface area is 117 Å².